The molecule has 1 fully saturated rings. The van der Waals surface area contributed by atoms with Crippen molar-refractivity contribution in [2.75, 3.05) is 13.1 Å². The summed E-state index contributed by atoms with van der Waals surface area (Å²) in [5.41, 5.74) is 0.266. The maximum atomic E-state index is 13.1. The fourth-order valence-corrected chi connectivity index (χ4v) is 6.82. The van der Waals surface area contributed by atoms with Crippen LogP contribution in [0.3, 0.4) is 0 Å². The van der Waals surface area contributed by atoms with E-state index in [1.54, 1.807) is 0 Å². The molecule has 15 heteroatoms. The summed E-state index contributed by atoms with van der Waals surface area (Å²) in [5, 5.41) is 20.7. The van der Waals surface area contributed by atoms with Crippen molar-refractivity contribution in [2.45, 2.75) is 19.9 Å². The molecule has 2 heterocycles. The number of nitrogens with zero attached hydrogens (tertiary/aromatic N) is 3. The Morgan fingerprint density at radius 3 is 2.42 bits per heavy atom. The Bertz CT molecular complexity index is 1390. The highest BCUT2D eigenvalue weighted by Gasteiger charge is 2.38. The molecule has 4 N–H and O–H groups in total. The lowest BCUT2D eigenvalue weighted by molar-refractivity contribution is 0.493. The number of benzene rings is 2. The molecule has 0 aliphatic carbocycles. The third-order valence-corrected chi connectivity index (χ3v) is 8.73. The normalized spacial score (nSPS) is 16.1. The van der Waals surface area contributed by atoms with Gasteiger partial charge in [0, 0.05) is 18.0 Å². The van der Waals surface area contributed by atoms with Crippen LogP contribution >= 0.6 is 0 Å². The highest BCUT2D eigenvalue weighted by Crippen LogP contribution is 2.40. The van der Waals surface area contributed by atoms with E-state index in [0.717, 1.165) is 6.07 Å². The quantitative estimate of drug-likeness (QED) is 0.371. The van der Waals surface area contributed by atoms with E-state index in [0.29, 0.717) is 5.56 Å². The van der Waals surface area contributed by atoms with E-state index in [1.807, 2.05) is 0 Å². The molecule has 1 aliphatic heterocycles. The number of nitrogens with one attached hydrogen (secondary N) is 2. The van der Waals surface area contributed by atoms with Crippen LogP contribution in [0.5, 0.6) is 0 Å². The van der Waals surface area contributed by atoms with Crippen LogP contribution in [0.25, 0.3) is 22.5 Å². The number of aromatic amines is 1. The van der Waals surface area contributed by atoms with Crippen molar-refractivity contribution in [2.24, 2.45) is 5.14 Å². The molecule has 0 radical (unpaired) electrons. The third kappa shape index (κ3) is 3.90. The Hall–Kier alpha value is -2.56. The monoisotopic (exact) mass is 483 g/mol. The van der Waals surface area contributed by atoms with Gasteiger partial charge in [0.15, 0.2) is 9.84 Å². The van der Waals surface area contributed by atoms with Gasteiger partial charge in [0.05, 0.1) is 15.7 Å². The molecule has 1 saturated heterocycles. The number of rotatable bonds is 6. The molecule has 1 aliphatic rings. The van der Waals surface area contributed by atoms with E-state index in [2.05, 4.69) is 25.9 Å². The van der Waals surface area contributed by atoms with Gasteiger partial charge in [0.2, 0.25) is 15.8 Å². The predicted molar refractivity (Wildman–Crippen MR) is 107 cm³/mol. The molecule has 12 nitrogen and oxygen atoms in total. The average Bonchev–Trinajstić information content (AvgIpc) is 3.19. The lowest BCUT2D eigenvalue weighted by atomic mass is 9.99. The molecule has 0 bridgehead atoms. The van der Waals surface area contributed by atoms with Crippen molar-refractivity contribution >= 4 is 30.9 Å². The second-order valence-electron chi connectivity index (χ2n) is 6.68. The maximum Gasteiger partial charge on any atom is 0.240 e. The van der Waals surface area contributed by atoms with E-state index in [1.165, 1.54) is 30.3 Å². The van der Waals surface area contributed by atoms with Crippen LogP contribution < -0.4 is 10.5 Å². The van der Waals surface area contributed by atoms with Crippen LogP contribution in [-0.4, -0.2) is 64.6 Å². The Morgan fingerprint density at radius 2 is 1.87 bits per heavy atom. The second-order valence-corrected chi connectivity index (χ2v) is 11.3. The van der Waals surface area contributed by atoms with Crippen molar-refractivity contribution in [3.05, 3.63) is 36.4 Å². The minimum atomic E-state index is -4.59. The first-order chi connectivity index (χ1) is 14.6. The van der Waals surface area contributed by atoms with E-state index >= 15 is 0 Å². The SMILES string of the molecule is NS(=O)(=O)c1c(S(=O)(=O)C2CNC2)ccc(-c2cccc(S(=O)[O-])c2)c1-c1nn[nH]n1. The Balaban J connectivity index is 2.09. The van der Waals surface area contributed by atoms with Crippen molar-refractivity contribution in [1.29, 1.82) is 0 Å². The lowest BCUT2D eigenvalue weighted by Gasteiger charge is -2.28. The summed E-state index contributed by atoms with van der Waals surface area (Å²) in [6.45, 7) is 0.339. The minimum absolute atomic E-state index is 0.0500. The van der Waals surface area contributed by atoms with Gasteiger partial charge in [-0.15, -0.1) is 10.2 Å². The molecule has 1 aromatic heterocycles. The van der Waals surface area contributed by atoms with Crippen molar-refractivity contribution in [1.82, 2.24) is 25.9 Å². The Kier molecular flexibility index (Phi) is 5.48. The molecule has 164 valence electrons. The number of tetrazole rings is 1. The van der Waals surface area contributed by atoms with E-state index in [9.17, 15) is 25.6 Å². The summed E-state index contributed by atoms with van der Waals surface area (Å²) in [7, 11) is -8.65. The van der Waals surface area contributed by atoms with Gasteiger partial charge in [-0.05, 0) is 45.6 Å². The second kappa shape index (κ2) is 7.85. The van der Waals surface area contributed by atoms with Crippen LogP contribution in [0.4, 0.5) is 0 Å². The molecular formula is C16H15N6O6S3-. The van der Waals surface area contributed by atoms with Gasteiger partial charge in [-0.2, -0.15) is 5.21 Å². The van der Waals surface area contributed by atoms with E-state index in [-0.39, 0.29) is 34.9 Å². The van der Waals surface area contributed by atoms with Gasteiger partial charge in [-0.25, -0.2) is 22.0 Å². The lowest BCUT2D eigenvalue weighted by Crippen LogP contribution is -2.51. The average molecular weight is 484 g/mol. The molecule has 31 heavy (non-hydrogen) atoms. The summed E-state index contributed by atoms with van der Waals surface area (Å²) in [6.07, 6.45) is 0. The fraction of sp³-hybridized carbons (Fsp3) is 0.188. The zero-order chi connectivity index (χ0) is 22.4. The number of sulfone groups is 1. The fourth-order valence-electron chi connectivity index (χ4n) is 3.23. The van der Waals surface area contributed by atoms with Crippen LogP contribution in [0.1, 0.15) is 0 Å². The van der Waals surface area contributed by atoms with Crippen molar-refractivity contribution in [3.63, 3.8) is 0 Å². The molecule has 0 saturated carbocycles. The Labute approximate surface area is 179 Å². The zero-order valence-corrected chi connectivity index (χ0v) is 18.0. The van der Waals surface area contributed by atoms with Gasteiger partial charge in [-0.1, -0.05) is 18.2 Å². The first kappa shape index (κ1) is 21.7. The van der Waals surface area contributed by atoms with E-state index < -0.39 is 46.0 Å². The molecule has 1 atom stereocenters. The summed E-state index contributed by atoms with van der Waals surface area (Å²) < 4.78 is 74.2. The zero-order valence-electron chi connectivity index (χ0n) is 15.5. The largest absolute Gasteiger partial charge is 0.768 e. The van der Waals surface area contributed by atoms with Crippen molar-refractivity contribution in [3.8, 4) is 22.5 Å². The summed E-state index contributed by atoms with van der Waals surface area (Å²) in [5.74, 6) is -0.212. The van der Waals surface area contributed by atoms with Crippen LogP contribution in [0.15, 0.2) is 51.1 Å². The van der Waals surface area contributed by atoms with Gasteiger partial charge < -0.3 is 9.87 Å². The van der Waals surface area contributed by atoms with E-state index in [4.69, 9.17) is 5.14 Å². The molecule has 4 rings (SSSR count). The number of primary sulfonamides is 1. The summed E-state index contributed by atoms with van der Waals surface area (Å²) >= 11 is -2.54. The van der Waals surface area contributed by atoms with Crippen LogP contribution in [-0.2, 0) is 30.9 Å². The summed E-state index contributed by atoms with van der Waals surface area (Å²) in [4.78, 5) is -1.20. The number of hydrogen-bond acceptors (Lipinski definition) is 10. The van der Waals surface area contributed by atoms with Crippen LogP contribution in [0, 0.1) is 0 Å². The first-order valence-electron chi connectivity index (χ1n) is 8.68. The number of H-pyrrole nitrogens is 1. The molecule has 1 unspecified atom stereocenters. The van der Waals surface area contributed by atoms with Gasteiger partial charge in [0.1, 0.15) is 4.90 Å². The molecular weight excluding hydrogens is 468 g/mol. The third-order valence-electron chi connectivity index (χ3n) is 4.80. The predicted octanol–water partition coefficient (Wildman–Crippen LogP) is -0.835. The van der Waals surface area contributed by atoms with Crippen molar-refractivity contribution < 1.29 is 25.6 Å². The van der Waals surface area contributed by atoms with Gasteiger partial charge >= 0.3 is 0 Å². The van der Waals surface area contributed by atoms with Gasteiger partial charge in [-0.3, -0.25) is 4.21 Å². The topological polar surface area (TPSA) is 201 Å². The molecule has 0 amide bonds. The molecule has 0 spiro atoms. The number of hydrogen-bond donors (Lipinski definition) is 3. The molecule has 2 aromatic carbocycles. The number of aromatic nitrogens is 4. The standard InChI is InChI=1S/C16H16N6O6S3/c17-31(27,28)15-13(30(25,26)11-7-18-8-11)5-4-12(14(15)16-19-21-22-20-16)9-2-1-3-10(6-9)29(23)24/h1-6,11,18H,7-8H2,(H,23,24)(H2,17,27,28)(H,19,20,21,22)/p-1. The smallest absolute Gasteiger partial charge is 0.240 e. The van der Waals surface area contributed by atoms with Gasteiger partial charge in [0.25, 0.3) is 0 Å². The van der Waals surface area contributed by atoms with Crippen LogP contribution in [0.2, 0.25) is 0 Å². The first-order valence-corrected chi connectivity index (χ1v) is 12.9. The minimum Gasteiger partial charge on any atom is -0.768 e. The Morgan fingerprint density at radius 1 is 1.13 bits per heavy atom. The number of nitrogens with two attached hydrogens (primary N) is 1. The summed E-state index contributed by atoms with van der Waals surface area (Å²) in [6, 6.07) is 8.16. The molecule has 3 aromatic rings. The maximum absolute atomic E-state index is 13.1. The number of sulfonamides is 1. The highest BCUT2D eigenvalue weighted by molar-refractivity contribution is 7.94. The highest BCUT2D eigenvalue weighted by atomic mass is 32.2.